The molecule has 2 aromatic heterocycles. The number of fused-ring (bicyclic) bond motifs is 1. The van der Waals surface area contributed by atoms with Crippen LogP contribution in [0.4, 0.5) is 0 Å². The van der Waals surface area contributed by atoms with Crippen LogP contribution >= 0.6 is 22.9 Å². The Morgan fingerprint density at radius 2 is 2.05 bits per heavy atom. The van der Waals surface area contributed by atoms with E-state index in [0.29, 0.717) is 10.0 Å². The number of benzene rings is 1. The van der Waals surface area contributed by atoms with Crippen molar-refractivity contribution < 1.29 is 4.79 Å². The van der Waals surface area contributed by atoms with Gasteiger partial charge in [0.2, 0.25) is 0 Å². The number of aromatic nitrogens is 3. The Morgan fingerprint density at radius 3 is 2.74 bits per heavy atom. The van der Waals surface area contributed by atoms with Crippen LogP contribution in [0.2, 0.25) is 5.15 Å². The van der Waals surface area contributed by atoms with Gasteiger partial charge in [0.15, 0.2) is 16.6 Å². The SMILES string of the molecule is Cc1cc2ncn(-c3nc(Cl)c(C=O)s3)c2cc1C. The molecule has 0 unspecified atom stereocenters. The van der Waals surface area contributed by atoms with Crippen LogP contribution in [0.5, 0.6) is 0 Å². The lowest BCUT2D eigenvalue weighted by Crippen LogP contribution is -1.91. The fourth-order valence-corrected chi connectivity index (χ4v) is 2.94. The number of rotatable bonds is 2. The lowest BCUT2D eigenvalue weighted by Gasteiger charge is -2.02. The first-order chi connectivity index (χ1) is 9.10. The van der Waals surface area contributed by atoms with E-state index < -0.39 is 0 Å². The van der Waals surface area contributed by atoms with Gasteiger partial charge in [-0.3, -0.25) is 9.36 Å². The Labute approximate surface area is 118 Å². The summed E-state index contributed by atoms with van der Waals surface area (Å²) in [4.78, 5) is 19.8. The predicted molar refractivity (Wildman–Crippen MR) is 76.6 cm³/mol. The van der Waals surface area contributed by atoms with Crippen LogP contribution in [0.25, 0.3) is 16.2 Å². The van der Waals surface area contributed by atoms with Crippen molar-refractivity contribution in [2.24, 2.45) is 0 Å². The van der Waals surface area contributed by atoms with E-state index >= 15 is 0 Å². The predicted octanol–water partition coefficient (Wildman–Crippen LogP) is 3.56. The molecule has 3 rings (SSSR count). The van der Waals surface area contributed by atoms with Gasteiger partial charge in [-0.05, 0) is 37.1 Å². The summed E-state index contributed by atoms with van der Waals surface area (Å²) in [5.41, 5.74) is 4.25. The molecule has 3 aromatic rings. The van der Waals surface area contributed by atoms with E-state index in [4.69, 9.17) is 11.6 Å². The fraction of sp³-hybridized carbons (Fsp3) is 0.154. The minimum absolute atomic E-state index is 0.237. The molecule has 4 nitrogen and oxygen atoms in total. The summed E-state index contributed by atoms with van der Waals surface area (Å²) in [6.07, 6.45) is 2.42. The zero-order chi connectivity index (χ0) is 13.6. The molecule has 6 heteroatoms. The van der Waals surface area contributed by atoms with Gasteiger partial charge in [-0.1, -0.05) is 22.9 Å². The second-order valence-electron chi connectivity index (χ2n) is 4.31. The Morgan fingerprint density at radius 1 is 1.32 bits per heavy atom. The highest BCUT2D eigenvalue weighted by molar-refractivity contribution is 7.16. The van der Waals surface area contributed by atoms with Gasteiger partial charge in [0.05, 0.1) is 11.0 Å². The molecule has 1 aromatic carbocycles. The van der Waals surface area contributed by atoms with Crippen molar-refractivity contribution >= 4 is 40.3 Å². The van der Waals surface area contributed by atoms with Gasteiger partial charge in [-0.25, -0.2) is 9.97 Å². The minimum Gasteiger partial charge on any atom is -0.297 e. The van der Waals surface area contributed by atoms with E-state index in [1.807, 2.05) is 10.6 Å². The molecule has 0 aliphatic rings. The van der Waals surface area contributed by atoms with E-state index in [9.17, 15) is 4.79 Å². The maximum atomic E-state index is 10.8. The zero-order valence-corrected chi connectivity index (χ0v) is 11.9. The van der Waals surface area contributed by atoms with E-state index in [1.165, 1.54) is 22.5 Å². The van der Waals surface area contributed by atoms with Gasteiger partial charge in [0.25, 0.3) is 0 Å². The number of halogens is 1. The molecule has 0 aliphatic carbocycles. The average Bonchev–Trinajstić information content (AvgIpc) is 2.93. The number of carbonyl (C=O) groups is 1. The fourth-order valence-electron chi connectivity index (χ4n) is 1.89. The molecule has 0 aliphatic heterocycles. The normalized spacial score (nSPS) is 11.1. The van der Waals surface area contributed by atoms with Crippen molar-refractivity contribution in [1.82, 2.24) is 14.5 Å². The maximum absolute atomic E-state index is 10.8. The molecule has 0 saturated heterocycles. The summed E-state index contributed by atoms with van der Waals surface area (Å²) in [6, 6.07) is 4.10. The van der Waals surface area contributed by atoms with Crippen LogP contribution in [-0.4, -0.2) is 20.8 Å². The highest BCUT2D eigenvalue weighted by Gasteiger charge is 2.13. The number of carbonyl (C=O) groups excluding carboxylic acids is 1. The van der Waals surface area contributed by atoms with Crippen molar-refractivity contribution in [2.45, 2.75) is 13.8 Å². The summed E-state index contributed by atoms with van der Waals surface area (Å²) in [7, 11) is 0. The van der Waals surface area contributed by atoms with Crippen molar-refractivity contribution in [3.8, 4) is 5.13 Å². The van der Waals surface area contributed by atoms with Crippen LogP contribution in [0.3, 0.4) is 0 Å². The number of hydrogen-bond acceptors (Lipinski definition) is 4. The van der Waals surface area contributed by atoms with E-state index in [1.54, 1.807) is 6.33 Å². The molecule has 0 saturated carbocycles. The van der Waals surface area contributed by atoms with E-state index in [2.05, 4.69) is 29.9 Å². The van der Waals surface area contributed by atoms with Crippen LogP contribution < -0.4 is 0 Å². The number of aryl methyl sites for hydroxylation is 2. The first kappa shape index (κ1) is 12.3. The summed E-state index contributed by atoms with van der Waals surface area (Å²) in [5.74, 6) is 0. The summed E-state index contributed by atoms with van der Waals surface area (Å²) in [6.45, 7) is 4.11. The van der Waals surface area contributed by atoms with Crippen LogP contribution in [0.1, 0.15) is 20.8 Å². The van der Waals surface area contributed by atoms with Crippen molar-refractivity contribution in [3.05, 3.63) is 39.6 Å². The Balaban J connectivity index is 2.24. The first-order valence-electron chi connectivity index (χ1n) is 5.66. The molecular formula is C13H10ClN3OS. The molecule has 0 fully saturated rings. The van der Waals surface area contributed by atoms with Crippen LogP contribution in [0.15, 0.2) is 18.5 Å². The average molecular weight is 292 g/mol. The first-order valence-corrected chi connectivity index (χ1v) is 6.86. The molecule has 96 valence electrons. The molecular weight excluding hydrogens is 282 g/mol. The molecule has 19 heavy (non-hydrogen) atoms. The van der Waals surface area contributed by atoms with Crippen molar-refractivity contribution in [2.75, 3.05) is 0 Å². The second kappa shape index (κ2) is 4.43. The quantitative estimate of drug-likeness (QED) is 0.678. The number of hydrogen-bond donors (Lipinski definition) is 0. The highest BCUT2D eigenvalue weighted by Crippen LogP contribution is 2.27. The van der Waals surface area contributed by atoms with Gasteiger partial charge in [0, 0.05) is 0 Å². The number of nitrogens with zero attached hydrogens (tertiary/aromatic N) is 3. The van der Waals surface area contributed by atoms with Crippen LogP contribution in [-0.2, 0) is 0 Å². The topological polar surface area (TPSA) is 47.8 Å². The lowest BCUT2D eigenvalue weighted by molar-refractivity contribution is 0.112. The van der Waals surface area contributed by atoms with Gasteiger partial charge in [0.1, 0.15) is 11.2 Å². The van der Waals surface area contributed by atoms with Crippen molar-refractivity contribution in [3.63, 3.8) is 0 Å². The Bertz CT molecular complexity index is 791. The molecule has 0 amide bonds. The van der Waals surface area contributed by atoms with Crippen LogP contribution in [0, 0.1) is 13.8 Å². The monoisotopic (exact) mass is 291 g/mol. The smallest absolute Gasteiger partial charge is 0.197 e. The van der Waals surface area contributed by atoms with E-state index in [-0.39, 0.29) is 5.15 Å². The standard InChI is InChI=1S/C13H10ClN3OS/c1-7-3-9-10(4-8(7)2)17(6-15-9)13-16-12(14)11(5-18)19-13/h3-6H,1-2H3. The maximum Gasteiger partial charge on any atom is 0.197 e. The lowest BCUT2D eigenvalue weighted by atomic mass is 10.1. The molecule has 0 N–H and O–H groups in total. The molecule has 2 heterocycles. The third-order valence-electron chi connectivity index (χ3n) is 3.07. The highest BCUT2D eigenvalue weighted by atomic mass is 35.5. The molecule has 0 radical (unpaired) electrons. The van der Waals surface area contributed by atoms with Gasteiger partial charge in [-0.15, -0.1) is 0 Å². The Kier molecular flexibility index (Phi) is 2.88. The second-order valence-corrected chi connectivity index (χ2v) is 5.68. The third-order valence-corrected chi connectivity index (χ3v) is 4.45. The largest absolute Gasteiger partial charge is 0.297 e. The summed E-state index contributed by atoms with van der Waals surface area (Å²) < 4.78 is 1.85. The Hall–Kier alpha value is -1.72. The number of imidazole rings is 1. The van der Waals surface area contributed by atoms with Gasteiger partial charge in [-0.2, -0.15) is 0 Å². The molecule has 0 atom stereocenters. The molecule has 0 bridgehead atoms. The zero-order valence-electron chi connectivity index (χ0n) is 10.3. The van der Waals surface area contributed by atoms with Gasteiger partial charge < -0.3 is 0 Å². The minimum atomic E-state index is 0.237. The van der Waals surface area contributed by atoms with Gasteiger partial charge >= 0.3 is 0 Å². The summed E-state index contributed by atoms with van der Waals surface area (Å²) >= 11 is 7.16. The summed E-state index contributed by atoms with van der Waals surface area (Å²) in [5, 5.41) is 0.888. The number of thiazole rings is 1. The number of aldehydes is 1. The van der Waals surface area contributed by atoms with Crippen molar-refractivity contribution in [1.29, 1.82) is 0 Å². The van der Waals surface area contributed by atoms with E-state index in [0.717, 1.165) is 17.3 Å². The third kappa shape index (κ3) is 1.95. The molecule has 0 spiro atoms.